The third-order valence-electron chi connectivity index (χ3n) is 4.20. The van der Waals surface area contributed by atoms with Crippen molar-refractivity contribution >= 4 is 29.2 Å². The molecule has 5 nitrogen and oxygen atoms in total. The lowest BCUT2D eigenvalue weighted by Gasteiger charge is -2.34. The van der Waals surface area contributed by atoms with Gasteiger partial charge in [-0.1, -0.05) is 18.5 Å². The Morgan fingerprint density at radius 3 is 2.61 bits per heavy atom. The van der Waals surface area contributed by atoms with E-state index in [1.165, 1.54) is 18.2 Å². The lowest BCUT2D eigenvalue weighted by molar-refractivity contribution is -0.144. The third kappa shape index (κ3) is 4.42. The second-order valence-corrected chi connectivity index (χ2v) is 6.10. The fraction of sp³-hybridized carbons (Fsp3) is 0.500. The van der Waals surface area contributed by atoms with E-state index in [1.54, 1.807) is 0 Å². The maximum Gasteiger partial charge on any atom is 0.320 e. The summed E-state index contributed by atoms with van der Waals surface area (Å²) in [7, 11) is 0. The fourth-order valence-corrected chi connectivity index (χ4v) is 3.06. The minimum absolute atomic E-state index is 0.0372. The van der Waals surface area contributed by atoms with Gasteiger partial charge < -0.3 is 10.4 Å². The smallest absolute Gasteiger partial charge is 0.320 e. The summed E-state index contributed by atoms with van der Waals surface area (Å²) >= 11 is 5.69. The van der Waals surface area contributed by atoms with E-state index in [4.69, 9.17) is 11.6 Å². The molecule has 0 spiro atoms. The van der Waals surface area contributed by atoms with Gasteiger partial charge in [0, 0.05) is 11.6 Å². The lowest BCUT2D eigenvalue weighted by Crippen LogP contribution is -2.46. The van der Waals surface area contributed by atoms with Gasteiger partial charge in [0.2, 0.25) is 5.91 Å². The van der Waals surface area contributed by atoms with Gasteiger partial charge in [-0.3, -0.25) is 14.5 Å². The van der Waals surface area contributed by atoms with Crippen LogP contribution in [0.2, 0.25) is 5.02 Å². The van der Waals surface area contributed by atoms with Gasteiger partial charge in [-0.25, -0.2) is 4.39 Å². The molecular weight excluding hydrogens is 323 g/mol. The second-order valence-electron chi connectivity index (χ2n) is 5.69. The molecule has 23 heavy (non-hydrogen) atoms. The highest BCUT2D eigenvalue weighted by Crippen LogP contribution is 2.24. The minimum Gasteiger partial charge on any atom is -0.480 e. The number of benzene rings is 1. The highest BCUT2D eigenvalue weighted by Gasteiger charge is 2.31. The summed E-state index contributed by atoms with van der Waals surface area (Å²) in [6, 6.07) is 3.56. The molecule has 1 amide bonds. The Balaban J connectivity index is 1.90. The van der Waals surface area contributed by atoms with Crippen molar-refractivity contribution in [2.45, 2.75) is 32.2 Å². The molecule has 2 rings (SSSR count). The molecular formula is C16H20ClFN2O3. The zero-order chi connectivity index (χ0) is 17.0. The van der Waals surface area contributed by atoms with Crippen LogP contribution in [0.1, 0.15) is 26.2 Å². The fourth-order valence-electron chi connectivity index (χ4n) is 2.88. The van der Waals surface area contributed by atoms with E-state index >= 15 is 0 Å². The monoisotopic (exact) mass is 342 g/mol. The van der Waals surface area contributed by atoms with Crippen LogP contribution >= 0.6 is 11.6 Å². The molecule has 1 aliphatic heterocycles. The molecule has 1 atom stereocenters. The molecule has 1 fully saturated rings. The number of halogens is 2. The zero-order valence-corrected chi connectivity index (χ0v) is 13.6. The predicted octanol–water partition coefficient (Wildman–Crippen LogP) is 2.99. The number of carbonyl (C=O) groups excluding carboxylic acids is 1. The number of aliphatic carboxylic acids is 1. The van der Waals surface area contributed by atoms with E-state index in [0.717, 1.165) is 0 Å². The van der Waals surface area contributed by atoms with E-state index in [9.17, 15) is 19.1 Å². The standard InChI is InChI=1S/C16H20ClFN2O3/c1-2-14(16(22)23)20-7-5-10(6-8-20)15(21)19-11-3-4-13(18)12(17)9-11/h3-4,9-10,14H,2,5-8H2,1H3,(H,19,21)(H,22,23)/t14-/m1/s1. The van der Waals surface area contributed by atoms with Gasteiger partial charge in [0.25, 0.3) is 0 Å². The van der Waals surface area contributed by atoms with E-state index < -0.39 is 17.8 Å². The number of carboxylic acid groups (broad SMARTS) is 1. The first kappa shape index (κ1) is 17.7. The number of hydrogen-bond acceptors (Lipinski definition) is 3. The molecule has 0 saturated carbocycles. The quantitative estimate of drug-likeness (QED) is 0.863. The van der Waals surface area contributed by atoms with Crippen molar-refractivity contribution in [3.8, 4) is 0 Å². The summed E-state index contributed by atoms with van der Waals surface area (Å²) in [5, 5.41) is 11.9. The minimum atomic E-state index is -0.823. The average molecular weight is 343 g/mol. The Kier molecular flexibility index (Phi) is 5.96. The summed E-state index contributed by atoms with van der Waals surface area (Å²) < 4.78 is 13.1. The van der Waals surface area contributed by atoms with Crippen molar-refractivity contribution in [1.82, 2.24) is 4.90 Å². The number of carbonyl (C=O) groups is 2. The Labute approximate surface area is 139 Å². The van der Waals surface area contributed by atoms with Crippen molar-refractivity contribution in [3.63, 3.8) is 0 Å². The highest BCUT2D eigenvalue weighted by atomic mass is 35.5. The number of piperidine rings is 1. The molecule has 1 aromatic rings. The number of nitrogens with one attached hydrogen (secondary N) is 1. The molecule has 0 bridgehead atoms. The van der Waals surface area contributed by atoms with Crippen molar-refractivity contribution in [2.75, 3.05) is 18.4 Å². The highest BCUT2D eigenvalue weighted by molar-refractivity contribution is 6.31. The molecule has 0 radical (unpaired) electrons. The van der Waals surface area contributed by atoms with Crippen LogP contribution in [0.15, 0.2) is 18.2 Å². The van der Waals surface area contributed by atoms with Crippen LogP contribution in [0.25, 0.3) is 0 Å². The first-order chi connectivity index (χ1) is 10.9. The second kappa shape index (κ2) is 7.75. The molecule has 2 N–H and O–H groups in total. The van der Waals surface area contributed by atoms with Crippen LogP contribution in [-0.2, 0) is 9.59 Å². The van der Waals surface area contributed by atoms with Crippen LogP contribution in [0, 0.1) is 11.7 Å². The molecule has 0 unspecified atom stereocenters. The van der Waals surface area contributed by atoms with E-state index in [2.05, 4.69) is 5.32 Å². The van der Waals surface area contributed by atoms with Crippen molar-refractivity contribution in [1.29, 1.82) is 0 Å². The van der Waals surface area contributed by atoms with Gasteiger partial charge in [0.1, 0.15) is 11.9 Å². The Morgan fingerprint density at radius 2 is 2.09 bits per heavy atom. The molecule has 7 heteroatoms. The SMILES string of the molecule is CC[C@H](C(=O)O)N1CCC(C(=O)Nc2ccc(F)c(Cl)c2)CC1. The maximum atomic E-state index is 13.1. The van der Waals surface area contributed by atoms with Crippen LogP contribution in [0.4, 0.5) is 10.1 Å². The predicted molar refractivity (Wildman–Crippen MR) is 86.1 cm³/mol. The van der Waals surface area contributed by atoms with Gasteiger partial charge in [-0.05, 0) is 50.6 Å². The largest absolute Gasteiger partial charge is 0.480 e. The molecule has 1 aromatic carbocycles. The third-order valence-corrected chi connectivity index (χ3v) is 4.49. The lowest BCUT2D eigenvalue weighted by atomic mass is 9.94. The number of nitrogens with zero attached hydrogens (tertiary/aromatic N) is 1. The van der Waals surface area contributed by atoms with E-state index in [1.807, 2.05) is 11.8 Å². The van der Waals surface area contributed by atoms with Gasteiger partial charge in [-0.2, -0.15) is 0 Å². The Bertz CT molecular complexity index is 589. The number of rotatable bonds is 5. The molecule has 1 saturated heterocycles. The van der Waals surface area contributed by atoms with E-state index in [-0.39, 0.29) is 16.8 Å². The topological polar surface area (TPSA) is 69.6 Å². The van der Waals surface area contributed by atoms with Gasteiger partial charge in [0.05, 0.1) is 5.02 Å². The molecule has 1 heterocycles. The number of amides is 1. The zero-order valence-electron chi connectivity index (χ0n) is 12.9. The summed E-state index contributed by atoms with van der Waals surface area (Å²) in [5.74, 6) is -1.68. The molecule has 126 valence electrons. The van der Waals surface area contributed by atoms with Gasteiger partial charge >= 0.3 is 5.97 Å². The molecule has 0 aliphatic carbocycles. The van der Waals surface area contributed by atoms with Gasteiger partial charge in [-0.15, -0.1) is 0 Å². The number of likely N-dealkylation sites (tertiary alicyclic amines) is 1. The van der Waals surface area contributed by atoms with Crippen LogP contribution < -0.4 is 5.32 Å². The van der Waals surface area contributed by atoms with Gasteiger partial charge in [0.15, 0.2) is 0 Å². The first-order valence-electron chi connectivity index (χ1n) is 7.65. The van der Waals surface area contributed by atoms with Crippen LogP contribution in [0.3, 0.4) is 0 Å². The van der Waals surface area contributed by atoms with Crippen molar-refractivity contribution in [3.05, 3.63) is 29.0 Å². The first-order valence-corrected chi connectivity index (χ1v) is 8.03. The Morgan fingerprint density at radius 1 is 1.43 bits per heavy atom. The van der Waals surface area contributed by atoms with E-state index in [0.29, 0.717) is 38.0 Å². The number of hydrogen-bond donors (Lipinski definition) is 2. The van der Waals surface area contributed by atoms with Crippen molar-refractivity contribution < 1.29 is 19.1 Å². The average Bonchev–Trinajstić information content (AvgIpc) is 2.52. The molecule has 1 aliphatic rings. The number of carboxylic acids is 1. The summed E-state index contributed by atoms with van der Waals surface area (Å²) in [5.41, 5.74) is 0.459. The van der Waals surface area contributed by atoms with Crippen LogP contribution in [-0.4, -0.2) is 41.0 Å². The normalized spacial score (nSPS) is 17.7. The summed E-state index contributed by atoms with van der Waals surface area (Å²) in [4.78, 5) is 25.3. The van der Waals surface area contributed by atoms with Crippen molar-refractivity contribution in [2.24, 2.45) is 5.92 Å². The maximum absolute atomic E-state index is 13.1. The summed E-state index contributed by atoms with van der Waals surface area (Å²) in [6.45, 7) is 3.00. The number of anilines is 1. The summed E-state index contributed by atoms with van der Waals surface area (Å²) in [6.07, 6.45) is 1.75. The van der Waals surface area contributed by atoms with Crippen LogP contribution in [0.5, 0.6) is 0 Å². The molecule has 0 aromatic heterocycles. The Hall–Kier alpha value is -1.66.